The van der Waals surface area contributed by atoms with Gasteiger partial charge in [0.05, 0.1) is 11.3 Å². The molecule has 0 spiro atoms. The molecular weight excluding hydrogens is 352 g/mol. The molecule has 0 aliphatic carbocycles. The summed E-state index contributed by atoms with van der Waals surface area (Å²) in [6.07, 6.45) is -4.24. The quantitative estimate of drug-likeness (QED) is 0.843. The number of rotatable bonds is 3. The molecule has 0 saturated carbocycles. The number of anilines is 1. The van der Waals surface area contributed by atoms with Crippen LogP contribution >= 0.6 is 11.6 Å². The van der Waals surface area contributed by atoms with Crippen LogP contribution in [0.3, 0.4) is 0 Å². The van der Waals surface area contributed by atoms with Crippen molar-refractivity contribution in [3.63, 3.8) is 0 Å². The molecular formula is C15H11ClF4N2O2. The summed E-state index contributed by atoms with van der Waals surface area (Å²) in [6, 6.07) is 4.41. The first-order chi connectivity index (χ1) is 11.1. The summed E-state index contributed by atoms with van der Waals surface area (Å²) in [7, 11) is 0. The number of hydrogen-bond acceptors (Lipinski definition) is 2. The summed E-state index contributed by atoms with van der Waals surface area (Å²) in [5.41, 5.74) is -2.28. The highest BCUT2D eigenvalue weighted by Crippen LogP contribution is 2.30. The van der Waals surface area contributed by atoms with Gasteiger partial charge in [-0.3, -0.25) is 9.59 Å². The molecule has 2 aromatic rings. The fraction of sp³-hybridized carbons (Fsp3) is 0.200. The normalized spacial score (nSPS) is 12.8. The number of carbonyl (C=O) groups excluding carboxylic acids is 1. The Morgan fingerprint density at radius 1 is 1.29 bits per heavy atom. The summed E-state index contributed by atoms with van der Waals surface area (Å²) in [6.45, 7) is 1.20. The van der Waals surface area contributed by atoms with Gasteiger partial charge in [0.1, 0.15) is 16.9 Å². The van der Waals surface area contributed by atoms with E-state index < -0.39 is 40.1 Å². The molecule has 1 amide bonds. The number of alkyl halides is 3. The fourth-order valence-electron chi connectivity index (χ4n) is 1.94. The van der Waals surface area contributed by atoms with E-state index in [1.807, 2.05) is 0 Å². The van der Waals surface area contributed by atoms with Crippen LogP contribution < -0.4 is 10.9 Å². The smallest absolute Gasteiger partial charge is 0.322 e. The number of para-hydroxylation sites is 1. The van der Waals surface area contributed by atoms with E-state index in [9.17, 15) is 27.2 Å². The van der Waals surface area contributed by atoms with E-state index in [1.54, 1.807) is 0 Å². The molecule has 1 N–H and O–H groups in total. The Hall–Kier alpha value is -2.35. The van der Waals surface area contributed by atoms with E-state index in [0.29, 0.717) is 16.8 Å². The van der Waals surface area contributed by atoms with Gasteiger partial charge in [0.25, 0.3) is 5.56 Å². The van der Waals surface area contributed by atoms with Crippen LogP contribution in [0, 0.1) is 5.82 Å². The van der Waals surface area contributed by atoms with Gasteiger partial charge in [-0.1, -0.05) is 23.7 Å². The van der Waals surface area contributed by atoms with Crippen LogP contribution in [0.5, 0.6) is 0 Å². The number of hydrogen-bond donors (Lipinski definition) is 1. The molecule has 0 unspecified atom stereocenters. The molecule has 1 atom stereocenters. The van der Waals surface area contributed by atoms with Crippen molar-refractivity contribution in [1.29, 1.82) is 0 Å². The van der Waals surface area contributed by atoms with Gasteiger partial charge in [-0.25, -0.2) is 4.39 Å². The van der Waals surface area contributed by atoms with Crippen molar-refractivity contribution >= 4 is 23.2 Å². The second kappa shape index (κ2) is 6.64. The molecule has 1 heterocycles. The molecule has 24 heavy (non-hydrogen) atoms. The van der Waals surface area contributed by atoms with Gasteiger partial charge in [-0.05, 0) is 25.1 Å². The van der Waals surface area contributed by atoms with Gasteiger partial charge in [0.2, 0.25) is 5.91 Å². The average Bonchev–Trinajstić information content (AvgIpc) is 2.50. The van der Waals surface area contributed by atoms with Gasteiger partial charge in [-0.15, -0.1) is 0 Å². The number of carbonyl (C=O) groups is 1. The molecule has 128 valence electrons. The third-order valence-electron chi connectivity index (χ3n) is 3.25. The van der Waals surface area contributed by atoms with Crippen LogP contribution in [0.4, 0.5) is 23.2 Å². The molecule has 4 nitrogen and oxygen atoms in total. The Labute approximate surface area is 138 Å². The molecule has 0 bridgehead atoms. The second-order valence-electron chi connectivity index (χ2n) is 4.93. The highest BCUT2D eigenvalue weighted by molar-refractivity contribution is 6.30. The van der Waals surface area contributed by atoms with E-state index in [2.05, 4.69) is 5.32 Å². The van der Waals surface area contributed by atoms with Crippen LogP contribution in [0.15, 0.2) is 41.3 Å². The SMILES string of the molecule is C[C@@H](C(=O)Nc1ccccc1F)n1cc(C(F)(F)F)cc(Cl)c1=O. The zero-order chi connectivity index (χ0) is 18.1. The topological polar surface area (TPSA) is 51.1 Å². The van der Waals surface area contributed by atoms with Crippen LogP contribution in [0.1, 0.15) is 18.5 Å². The van der Waals surface area contributed by atoms with Crippen molar-refractivity contribution in [3.05, 3.63) is 63.3 Å². The number of aromatic nitrogens is 1. The zero-order valence-electron chi connectivity index (χ0n) is 12.2. The Morgan fingerprint density at radius 3 is 2.50 bits per heavy atom. The zero-order valence-corrected chi connectivity index (χ0v) is 13.0. The lowest BCUT2D eigenvalue weighted by Crippen LogP contribution is -2.32. The third kappa shape index (κ3) is 3.76. The van der Waals surface area contributed by atoms with Crippen molar-refractivity contribution in [2.75, 3.05) is 5.32 Å². The van der Waals surface area contributed by atoms with E-state index in [0.717, 1.165) is 6.07 Å². The van der Waals surface area contributed by atoms with Crippen LogP contribution in [-0.4, -0.2) is 10.5 Å². The maximum Gasteiger partial charge on any atom is 0.417 e. The van der Waals surface area contributed by atoms with Gasteiger partial charge in [0.15, 0.2) is 0 Å². The summed E-state index contributed by atoms with van der Waals surface area (Å²) in [5, 5.41) is 1.54. The molecule has 1 aromatic heterocycles. The highest BCUT2D eigenvalue weighted by Gasteiger charge is 2.33. The third-order valence-corrected chi connectivity index (χ3v) is 3.53. The molecule has 2 rings (SSSR count). The number of nitrogens with zero attached hydrogens (tertiary/aromatic N) is 1. The van der Waals surface area contributed by atoms with E-state index >= 15 is 0 Å². The fourth-order valence-corrected chi connectivity index (χ4v) is 2.15. The van der Waals surface area contributed by atoms with Gasteiger partial charge >= 0.3 is 6.18 Å². The lowest BCUT2D eigenvalue weighted by atomic mass is 10.2. The number of amides is 1. The minimum atomic E-state index is -4.74. The number of benzene rings is 1. The van der Waals surface area contributed by atoms with Crippen LogP contribution in [0.25, 0.3) is 0 Å². The molecule has 0 aliphatic rings. The van der Waals surface area contributed by atoms with Crippen molar-refractivity contribution in [1.82, 2.24) is 4.57 Å². The highest BCUT2D eigenvalue weighted by atomic mass is 35.5. The molecule has 1 aromatic carbocycles. The average molecular weight is 363 g/mol. The lowest BCUT2D eigenvalue weighted by Gasteiger charge is -2.18. The molecule has 0 radical (unpaired) electrons. The maximum absolute atomic E-state index is 13.5. The Morgan fingerprint density at radius 2 is 1.92 bits per heavy atom. The first-order valence-corrected chi connectivity index (χ1v) is 7.03. The van der Waals surface area contributed by atoms with Crippen molar-refractivity contribution in [2.24, 2.45) is 0 Å². The maximum atomic E-state index is 13.5. The number of halogens is 5. The monoisotopic (exact) mass is 362 g/mol. The summed E-state index contributed by atoms with van der Waals surface area (Å²) < 4.78 is 52.5. The first-order valence-electron chi connectivity index (χ1n) is 6.65. The lowest BCUT2D eigenvalue weighted by molar-refractivity contribution is -0.138. The standard InChI is InChI=1S/C15H11ClF4N2O2/c1-8(13(23)21-12-5-3-2-4-11(12)17)22-7-9(15(18,19)20)6-10(16)14(22)24/h2-8H,1H3,(H,21,23)/t8-/m0/s1. The minimum absolute atomic E-state index is 0.152. The molecule has 9 heteroatoms. The summed E-state index contributed by atoms with van der Waals surface area (Å²) in [4.78, 5) is 24.1. The Balaban J connectivity index is 2.37. The molecule has 0 aliphatic heterocycles. The van der Waals surface area contributed by atoms with Gasteiger partial charge in [-0.2, -0.15) is 13.2 Å². The van der Waals surface area contributed by atoms with Gasteiger partial charge < -0.3 is 9.88 Å². The van der Waals surface area contributed by atoms with Crippen molar-refractivity contribution < 1.29 is 22.4 Å². The van der Waals surface area contributed by atoms with Gasteiger partial charge in [0, 0.05) is 6.20 Å². The van der Waals surface area contributed by atoms with Crippen LogP contribution in [0.2, 0.25) is 5.02 Å². The predicted molar refractivity (Wildman–Crippen MR) is 80.5 cm³/mol. The van der Waals surface area contributed by atoms with Crippen LogP contribution in [-0.2, 0) is 11.0 Å². The largest absolute Gasteiger partial charge is 0.417 e. The predicted octanol–water partition coefficient (Wildman–Crippen LogP) is 3.86. The summed E-state index contributed by atoms with van der Waals surface area (Å²) in [5.74, 6) is -1.58. The molecule has 0 fully saturated rings. The van der Waals surface area contributed by atoms with Crippen molar-refractivity contribution in [3.8, 4) is 0 Å². The number of nitrogens with one attached hydrogen (secondary N) is 1. The Kier molecular flexibility index (Phi) is 4.98. The first kappa shape index (κ1) is 18.0. The second-order valence-corrected chi connectivity index (χ2v) is 5.34. The van der Waals surface area contributed by atoms with E-state index in [-0.39, 0.29) is 5.69 Å². The summed E-state index contributed by atoms with van der Waals surface area (Å²) >= 11 is 5.53. The molecule has 0 saturated heterocycles. The van der Waals surface area contributed by atoms with E-state index in [4.69, 9.17) is 11.6 Å². The Bertz CT molecular complexity index is 833. The van der Waals surface area contributed by atoms with E-state index in [1.165, 1.54) is 25.1 Å². The van der Waals surface area contributed by atoms with Crippen molar-refractivity contribution in [2.45, 2.75) is 19.1 Å². The minimum Gasteiger partial charge on any atom is -0.322 e. The number of pyridine rings is 1.